The molecular weight excluding hydrogens is 232 g/mol. The van der Waals surface area contributed by atoms with E-state index in [0.717, 1.165) is 4.47 Å². The van der Waals surface area contributed by atoms with Crippen molar-refractivity contribution in [1.82, 2.24) is 4.90 Å². The number of carbonyl (C=O) groups is 1. The molecule has 4 heteroatoms. The number of halogens is 1. The van der Waals surface area contributed by atoms with Crippen LogP contribution in [0, 0.1) is 0 Å². The lowest BCUT2D eigenvalue weighted by atomic mass is 10.1. The summed E-state index contributed by atoms with van der Waals surface area (Å²) in [6, 6.07) is 5.60. The molecular formula is C9H9BrN2O. The highest BCUT2D eigenvalue weighted by Crippen LogP contribution is 2.28. The van der Waals surface area contributed by atoms with Crippen molar-refractivity contribution in [2.45, 2.75) is 13.1 Å². The van der Waals surface area contributed by atoms with Gasteiger partial charge in [0.05, 0.1) is 0 Å². The van der Waals surface area contributed by atoms with Gasteiger partial charge >= 0.3 is 6.03 Å². The minimum absolute atomic E-state index is 0.358. The summed E-state index contributed by atoms with van der Waals surface area (Å²) in [6.07, 6.45) is 0. The summed E-state index contributed by atoms with van der Waals surface area (Å²) in [7, 11) is 0. The molecule has 0 radical (unpaired) electrons. The molecule has 0 fully saturated rings. The van der Waals surface area contributed by atoms with Gasteiger partial charge in [-0.3, -0.25) is 0 Å². The largest absolute Gasteiger partial charge is 0.351 e. The van der Waals surface area contributed by atoms with Crippen molar-refractivity contribution in [2.75, 3.05) is 0 Å². The SMILES string of the molecule is NC(=O)N1Cc2cccc(Br)c2C1. The predicted octanol–water partition coefficient (Wildman–Crippen LogP) is 1.84. The van der Waals surface area contributed by atoms with Crippen LogP contribution in [0.15, 0.2) is 22.7 Å². The molecule has 0 aromatic heterocycles. The highest BCUT2D eigenvalue weighted by molar-refractivity contribution is 9.10. The lowest BCUT2D eigenvalue weighted by Crippen LogP contribution is -2.30. The molecule has 1 aromatic carbocycles. The number of carbonyl (C=O) groups excluding carboxylic acids is 1. The first-order valence-corrected chi connectivity index (χ1v) is 4.78. The molecule has 3 nitrogen and oxygen atoms in total. The number of nitrogens with two attached hydrogens (primary N) is 1. The van der Waals surface area contributed by atoms with Gasteiger partial charge in [-0.1, -0.05) is 28.1 Å². The van der Waals surface area contributed by atoms with E-state index >= 15 is 0 Å². The molecule has 0 spiro atoms. The second-order valence-electron chi connectivity index (χ2n) is 3.07. The zero-order valence-electron chi connectivity index (χ0n) is 6.96. The number of urea groups is 1. The van der Waals surface area contributed by atoms with Crippen molar-refractivity contribution in [3.8, 4) is 0 Å². The number of nitrogens with zero attached hydrogens (tertiary/aromatic N) is 1. The maximum absolute atomic E-state index is 10.9. The zero-order chi connectivity index (χ0) is 9.42. The van der Waals surface area contributed by atoms with Gasteiger partial charge in [-0.15, -0.1) is 0 Å². The van der Waals surface area contributed by atoms with Crippen LogP contribution >= 0.6 is 15.9 Å². The van der Waals surface area contributed by atoms with Gasteiger partial charge in [-0.25, -0.2) is 4.79 Å². The van der Waals surface area contributed by atoms with E-state index in [-0.39, 0.29) is 6.03 Å². The van der Waals surface area contributed by atoms with Crippen molar-refractivity contribution in [3.63, 3.8) is 0 Å². The van der Waals surface area contributed by atoms with Crippen LogP contribution in [0.5, 0.6) is 0 Å². The Morgan fingerprint density at radius 3 is 2.85 bits per heavy atom. The third-order valence-corrected chi connectivity index (χ3v) is 2.98. The third kappa shape index (κ3) is 1.42. The van der Waals surface area contributed by atoms with Crippen LogP contribution in [0.25, 0.3) is 0 Å². The fraction of sp³-hybridized carbons (Fsp3) is 0.222. The zero-order valence-corrected chi connectivity index (χ0v) is 8.54. The Labute approximate surface area is 84.6 Å². The van der Waals surface area contributed by atoms with Crippen LogP contribution in [0.4, 0.5) is 4.79 Å². The standard InChI is InChI=1S/C9H9BrN2O/c10-8-3-1-2-6-4-12(9(11)13)5-7(6)8/h1-3H,4-5H2,(H2,11,13). The Morgan fingerprint density at radius 2 is 2.23 bits per heavy atom. The Kier molecular flexibility index (Phi) is 2.00. The van der Waals surface area contributed by atoms with Crippen LogP contribution in [-0.4, -0.2) is 10.9 Å². The maximum atomic E-state index is 10.9. The van der Waals surface area contributed by atoms with Gasteiger partial charge < -0.3 is 10.6 Å². The van der Waals surface area contributed by atoms with E-state index in [4.69, 9.17) is 5.73 Å². The smallest absolute Gasteiger partial charge is 0.315 e. The fourth-order valence-electron chi connectivity index (χ4n) is 1.54. The van der Waals surface area contributed by atoms with Crippen molar-refractivity contribution < 1.29 is 4.79 Å². The van der Waals surface area contributed by atoms with Crippen molar-refractivity contribution in [1.29, 1.82) is 0 Å². The minimum Gasteiger partial charge on any atom is -0.351 e. The summed E-state index contributed by atoms with van der Waals surface area (Å²) in [5, 5.41) is 0. The molecule has 13 heavy (non-hydrogen) atoms. The predicted molar refractivity (Wildman–Crippen MR) is 53.0 cm³/mol. The number of rotatable bonds is 0. The van der Waals surface area contributed by atoms with E-state index in [9.17, 15) is 4.79 Å². The summed E-state index contributed by atoms with van der Waals surface area (Å²) in [5.41, 5.74) is 7.54. The van der Waals surface area contributed by atoms with Gasteiger partial charge in [0, 0.05) is 17.6 Å². The summed E-state index contributed by atoms with van der Waals surface area (Å²) >= 11 is 3.45. The average Bonchev–Trinajstić information content (AvgIpc) is 2.49. The van der Waals surface area contributed by atoms with Gasteiger partial charge in [-0.2, -0.15) is 0 Å². The Balaban J connectivity index is 2.35. The first-order valence-electron chi connectivity index (χ1n) is 3.99. The molecule has 1 aliphatic heterocycles. The molecule has 0 saturated carbocycles. The Bertz CT molecular complexity index is 365. The number of hydrogen-bond acceptors (Lipinski definition) is 1. The molecule has 1 aliphatic rings. The van der Waals surface area contributed by atoms with Crippen LogP contribution in [0.2, 0.25) is 0 Å². The first kappa shape index (κ1) is 8.56. The Morgan fingerprint density at radius 1 is 1.46 bits per heavy atom. The fourth-order valence-corrected chi connectivity index (χ4v) is 2.07. The molecule has 0 aliphatic carbocycles. The summed E-state index contributed by atoms with van der Waals surface area (Å²) in [4.78, 5) is 12.5. The van der Waals surface area contributed by atoms with Crippen LogP contribution in [-0.2, 0) is 13.1 Å². The average molecular weight is 241 g/mol. The topological polar surface area (TPSA) is 46.3 Å². The molecule has 0 saturated heterocycles. The molecule has 0 atom stereocenters. The van der Waals surface area contributed by atoms with Gasteiger partial charge in [0.15, 0.2) is 0 Å². The molecule has 1 aromatic rings. The molecule has 2 rings (SSSR count). The lowest BCUT2D eigenvalue weighted by Gasteiger charge is -2.10. The van der Waals surface area contributed by atoms with E-state index < -0.39 is 0 Å². The van der Waals surface area contributed by atoms with Gasteiger partial charge in [-0.05, 0) is 17.2 Å². The first-order chi connectivity index (χ1) is 6.18. The number of primary amides is 1. The molecule has 1 heterocycles. The van der Waals surface area contributed by atoms with E-state index in [1.807, 2.05) is 18.2 Å². The number of benzene rings is 1. The normalized spacial score (nSPS) is 14.4. The third-order valence-electron chi connectivity index (χ3n) is 2.24. The number of hydrogen-bond donors (Lipinski definition) is 1. The summed E-state index contributed by atoms with van der Waals surface area (Å²) in [6.45, 7) is 1.25. The van der Waals surface area contributed by atoms with E-state index in [1.54, 1.807) is 4.90 Å². The summed E-state index contributed by atoms with van der Waals surface area (Å²) < 4.78 is 1.05. The highest BCUT2D eigenvalue weighted by Gasteiger charge is 2.22. The molecule has 2 N–H and O–H groups in total. The second-order valence-corrected chi connectivity index (χ2v) is 3.93. The van der Waals surface area contributed by atoms with Crippen LogP contribution in [0.1, 0.15) is 11.1 Å². The van der Waals surface area contributed by atoms with Gasteiger partial charge in [0.1, 0.15) is 0 Å². The van der Waals surface area contributed by atoms with Gasteiger partial charge in [0.2, 0.25) is 0 Å². The Hall–Kier alpha value is -1.03. The lowest BCUT2D eigenvalue weighted by molar-refractivity contribution is 0.208. The van der Waals surface area contributed by atoms with Crippen molar-refractivity contribution in [2.24, 2.45) is 5.73 Å². The minimum atomic E-state index is -0.358. The molecule has 68 valence electrons. The van der Waals surface area contributed by atoms with E-state index in [2.05, 4.69) is 15.9 Å². The maximum Gasteiger partial charge on any atom is 0.315 e. The number of amides is 2. The quantitative estimate of drug-likeness (QED) is 0.740. The molecule has 0 bridgehead atoms. The van der Waals surface area contributed by atoms with Crippen molar-refractivity contribution in [3.05, 3.63) is 33.8 Å². The highest BCUT2D eigenvalue weighted by atomic mass is 79.9. The van der Waals surface area contributed by atoms with E-state index in [1.165, 1.54) is 11.1 Å². The monoisotopic (exact) mass is 240 g/mol. The second kappa shape index (κ2) is 3.03. The van der Waals surface area contributed by atoms with Crippen molar-refractivity contribution >= 4 is 22.0 Å². The van der Waals surface area contributed by atoms with Crippen LogP contribution < -0.4 is 5.73 Å². The molecule has 2 amide bonds. The van der Waals surface area contributed by atoms with Crippen LogP contribution in [0.3, 0.4) is 0 Å². The van der Waals surface area contributed by atoms with Gasteiger partial charge in [0.25, 0.3) is 0 Å². The summed E-state index contributed by atoms with van der Waals surface area (Å²) in [5.74, 6) is 0. The molecule has 0 unspecified atom stereocenters. The van der Waals surface area contributed by atoms with E-state index in [0.29, 0.717) is 13.1 Å². The number of fused-ring (bicyclic) bond motifs is 1.